The van der Waals surface area contributed by atoms with E-state index in [0.29, 0.717) is 31.8 Å². The van der Waals surface area contributed by atoms with Crippen LogP contribution in [0.1, 0.15) is 56.0 Å². The van der Waals surface area contributed by atoms with Crippen LogP contribution in [0, 0.1) is 5.92 Å². The second-order valence-corrected chi connectivity index (χ2v) is 9.56. The molecule has 2 aromatic rings. The molecule has 0 radical (unpaired) electrons. The van der Waals surface area contributed by atoms with Gasteiger partial charge in [-0.1, -0.05) is 13.8 Å². The summed E-state index contributed by atoms with van der Waals surface area (Å²) in [4.78, 5) is 30.4. The fraction of sp³-hybridized carbons (Fsp3) is 0.591. The van der Waals surface area contributed by atoms with Gasteiger partial charge in [0.15, 0.2) is 0 Å². The molecule has 1 aliphatic rings. The van der Waals surface area contributed by atoms with Gasteiger partial charge in [0.1, 0.15) is 11.9 Å². The van der Waals surface area contributed by atoms with E-state index >= 15 is 0 Å². The summed E-state index contributed by atoms with van der Waals surface area (Å²) in [5.41, 5.74) is -0.627. The number of aromatic nitrogens is 1. The van der Waals surface area contributed by atoms with Gasteiger partial charge in [0, 0.05) is 31.6 Å². The number of carbonyl (C=O) groups is 2. The molecule has 1 saturated heterocycles. The van der Waals surface area contributed by atoms with Crippen molar-refractivity contribution in [2.75, 3.05) is 25.0 Å². The lowest BCUT2D eigenvalue weighted by atomic mass is 10.0. The number of alkyl halides is 3. The first-order valence-corrected chi connectivity index (χ1v) is 11.8. The van der Waals surface area contributed by atoms with Crippen LogP contribution in [0.15, 0.2) is 11.4 Å². The lowest BCUT2D eigenvalue weighted by Crippen LogP contribution is -2.45. The van der Waals surface area contributed by atoms with Crippen molar-refractivity contribution in [1.29, 1.82) is 0 Å². The molecular weight excluding hydrogens is 457 g/mol. The molecule has 1 atom stereocenters. The van der Waals surface area contributed by atoms with Gasteiger partial charge in [-0.2, -0.15) is 13.2 Å². The number of rotatable bonds is 6. The summed E-state index contributed by atoms with van der Waals surface area (Å²) in [6, 6.07) is 0.913. The van der Waals surface area contributed by atoms with E-state index < -0.39 is 23.7 Å². The maximum absolute atomic E-state index is 13.7. The van der Waals surface area contributed by atoms with E-state index in [9.17, 15) is 22.8 Å². The number of ether oxygens (including phenoxy) is 1. The predicted octanol–water partition coefficient (Wildman–Crippen LogP) is 4.80. The van der Waals surface area contributed by atoms with E-state index in [1.807, 2.05) is 6.92 Å². The van der Waals surface area contributed by atoms with Gasteiger partial charge in [-0.15, -0.1) is 11.3 Å². The molecule has 0 saturated carbocycles. The maximum atomic E-state index is 13.7. The average molecular weight is 487 g/mol. The smallest absolute Gasteiger partial charge is 0.417 e. The Morgan fingerprint density at radius 3 is 2.52 bits per heavy atom. The molecule has 2 N–H and O–H groups in total. The summed E-state index contributed by atoms with van der Waals surface area (Å²) < 4.78 is 46.6. The highest BCUT2D eigenvalue weighted by atomic mass is 32.1. The van der Waals surface area contributed by atoms with E-state index in [4.69, 9.17) is 4.74 Å². The van der Waals surface area contributed by atoms with Crippen molar-refractivity contribution in [2.24, 2.45) is 5.92 Å². The molecule has 2 aromatic heterocycles. The molecule has 182 valence electrons. The molecule has 1 fully saturated rings. The number of nitrogens with one attached hydrogen (secondary N) is 2. The number of halogens is 3. The molecule has 3 heterocycles. The first-order valence-electron chi connectivity index (χ1n) is 10.9. The Balaban J connectivity index is 1.73. The van der Waals surface area contributed by atoms with Gasteiger partial charge >= 0.3 is 12.3 Å². The Labute approximate surface area is 194 Å². The largest absolute Gasteiger partial charge is 0.447 e. The van der Waals surface area contributed by atoms with Crippen LogP contribution in [0.5, 0.6) is 0 Å². The monoisotopic (exact) mass is 486 g/mol. The molecule has 11 heteroatoms. The first-order chi connectivity index (χ1) is 15.5. The van der Waals surface area contributed by atoms with Gasteiger partial charge in [0.25, 0.3) is 5.91 Å². The Morgan fingerprint density at radius 1 is 1.27 bits per heavy atom. The third kappa shape index (κ3) is 6.07. The number of hydrogen-bond acceptors (Lipinski definition) is 6. The highest BCUT2D eigenvalue weighted by Gasteiger charge is 2.36. The third-order valence-electron chi connectivity index (χ3n) is 5.54. The zero-order valence-electron chi connectivity index (χ0n) is 19.1. The zero-order valence-corrected chi connectivity index (χ0v) is 19.9. The predicted molar refractivity (Wildman–Crippen MR) is 122 cm³/mol. The standard InChI is InChI=1S/C22H29F3N4O3S/c1-12(2)9-13(3)32-21(31)27-14-5-7-29(8-6-14)17-10-16(22(23,24)25)19-18(28-17)15(11-33-19)20(30)26-4/h10-14H,5-9H2,1-4H3,(H,26,30)(H,27,31). The number of alkyl carbamates (subject to hydrolysis) is 1. The van der Waals surface area contributed by atoms with E-state index in [-0.39, 0.29) is 33.7 Å². The summed E-state index contributed by atoms with van der Waals surface area (Å²) in [7, 11) is 1.42. The minimum atomic E-state index is -4.57. The Bertz CT molecular complexity index is 1000. The van der Waals surface area contributed by atoms with Gasteiger partial charge < -0.3 is 20.3 Å². The van der Waals surface area contributed by atoms with Crippen LogP contribution in [-0.4, -0.2) is 49.3 Å². The normalized spacial score (nSPS) is 16.2. The molecule has 0 aliphatic carbocycles. The highest BCUT2D eigenvalue weighted by molar-refractivity contribution is 7.17. The number of nitrogens with zero attached hydrogens (tertiary/aromatic N) is 2. The molecule has 7 nitrogen and oxygen atoms in total. The molecule has 1 unspecified atom stereocenters. The van der Waals surface area contributed by atoms with Crippen LogP contribution in [0.4, 0.5) is 23.8 Å². The molecule has 3 rings (SSSR count). The van der Waals surface area contributed by atoms with Crippen LogP contribution >= 0.6 is 11.3 Å². The van der Waals surface area contributed by atoms with Crippen molar-refractivity contribution < 1.29 is 27.5 Å². The fourth-order valence-electron chi connectivity index (χ4n) is 4.01. The second-order valence-electron chi connectivity index (χ2n) is 8.68. The molecule has 0 bridgehead atoms. The molecule has 1 aliphatic heterocycles. The van der Waals surface area contributed by atoms with Gasteiger partial charge in [-0.25, -0.2) is 9.78 Å². The van der Waals surface area contributed by atoms with E-state index in [0.717, 1.165) is 23.8 Å². The zero-order chi connectivity index (χ0) is 24.3. The van der Waals surface area contributed by atoms with E-state index in [1.54, 1.807) is 4.90 Å². The second kappa shape index (κ2) is 10.1. The van der Waals surface area contributed by atoms with Crippen LogP contribution in [0.25, 0.3) is 10.2 Å². The lowest BCUT2D eigenvalue weighted by molar-refractivity contribution is -0.136. The Morgan fingerprint density at radius 2 is 1.94 bits per heavy atom. The Hall–Kier alpha value is -2.56. The number of hydrogen-bond donors (Lipinski definition) is 2. The quantitative estimate of drug-likeness (QED) is 0.613. The van der Waals surface area contributed by atoms with Crippen molar-refractivity contribution in [1.82, 2.24) is 15.6 Å². The average Bonchev–Trinajstić information content (AvgIpc) is 3.15. The van der Waals surface area contributed by atoms with Crippen LogP contribution in [0.2, 0.25) is 0 Å². The lowest BCUT2D eigenvalue weighted by Gasteiger charge is -2.33. The van der Waals surface area contributed by atoms with Crippen molar-refractivity contribution in [2.45, 2.75) is 58.4 Å². The number of thiophene rings is 1. The topological polar surface area (TPSA) is 83.6 Å². The van der Waals surface area contributed by atoms with Crippen molar-refractivity contribution in [3.63, 3.8) is 0 Å². The number of fused-ring (bicyclic) bond motifs is 1. The maximum Gasteiger partial charge on any atom is 0.417 e. The number of amides is 2. The molecule has 2 amide bonds. The van der Waals surface area contributed by atoms with Gasteiger partial charge in [-0.3, -0.25) is 4.79 Å². The molecule has 0 spiro atoms. The number of pyridine rings is 1. The molecule has 0 aromatic carbocycles. The SMILES string of the molecule is CNC(=O)c1csc2c(C(F)(F)F)cc(N3CCC(NC(=O)OC(C)CC(C)C)CC3)nc12. The number of carbonyl (C=O) groups excluding carboxylic acids is 2. The summed E-state index contributed by atoms with van der Waals surface area (Å²) >= 11 is 0.859. The van der Waals surface area contributed by atoms with Crippen LogP contribution in [0.3, 0.4) is 0 Å². The number of anilines is 1. The van der Waals surface area contributed by atoms with Gasteiger partial charge in [0.2, 0.25) is 0 Å². The van der Waals surface area contributed by atoms with Crippen molar-refractivity contribution in [3.05, 3.63) is 22.6 Å². The van der Waals surface area contributed by atoms with Crippen LogP contribution in [-0.2, 0) is 10.9 Å². The van der Waals surface area contributed by atoms with E-state index in [1.165, 1.54) is 12.4 Å². The minimum absolute atomic E-state index is 0.0483. The third-order valence-corrected chi connectivity index (χ3v) is 6.54. The molecular formula is C22H29F3N4O3S. The number of piperidine rings is 1. The highest BCUT2D eigenvalue weighted by Crippen LogP contribution is 2.40. The fourth-order valence-corrected chi connectivity index (χ4v) is 5.04. The summed E-state index contributed by atoms with van der Waals surface area (Å²) in [5.74, 6) is 0.103. The summed E-state index contributed by atoms with van der Waals surface area (Å²) in [5, 5.41) is 6.69. The minimum Gasteiger partial charge on any atom is -0.447 e. The molecule has 33 heavy (non-hydrogen) atoms. The van der Waals surface area contributed by atoms with Crippen molar-refractivity contribution in [3.8, 4) is 0 Å². The first kappa shape index (κ1) is 25.1. The van der Waals surface area contributed by atoms with Crippen molar-refractivity contribution >= 4 is 39.4 Å². The summed E-state index contributed by atoms with van der Waals surface area (Å²) in [6.07, 6.45) is -3.39. The van der Waals surface area contributed by atoms with Gasteiger partial charge in [0.05, 0.1) is 21.3 Å². The Kier molecular flexibility index (Phi) is 7.71. The van der Waals surface area contributed by atoms with E-state index in [2.05, 4.69) is 29.5 Å². The van der Waals surface area contributed by atoms with Gasteiger partial charge in [-0.05, 0) is 38.2 Å². The summed E-state index contributed by atoms with van der Waals surface area (Å²) in [6.45, 7) is 6.79. The van der Waals surface area contributed by atoms with Crippen LogP contribution < -0.4 is 15.5 Å².